The molecule has 0 radical (unpaired) electrons. The minimum absolute atomic E-state index is 0.00273. The van der Waals surface area contributed by atoms with Crippen LogP contribution in [-0.2, 0) is 28.6 Å². The zero-order valence-electron chi connectivity index (χ0n) is 41.3. The van der Waals surface area contributed by atoms with Gasteiger partial charge in [-0.15, -0.1) is 0 Å². The number of hydrogen-bond donors (Lipinski definition) is 0. The van der Waals surface area contributed by atoms with Gasteiger partial charge in [0, 0.05) is 25.3 Å². The average molecular weight is 850 g/mol. The number of esters is 3. The van der Waals surface area contributed by atoms with E-state index >= 15 is 0 Å². The van der Waals surface area contributed by atoms with E-state index in [1.165, 1.54) is 116 Å². The summed E-state index contributed by atoms with van der Waals surface area (Å²) in [5.41, 5.74) is 0. The van der Waals surface area contributed by atoms with Crippen molar-refractivity contribution < 1.29 is 28.6 Å². The first-order valence-corrected chi connectivity index (χ1v) is 26.4. The van der Waals surface area contributed by atoms with Crippen LogP contribution in [0.4, 0.5) is 0 Å². The zero-order valence-corrected chi connectivity index (χ0v) is 41.3. The third-order valence-corrected chi connectivity index (χ3v) is 12.8. The minimum atomic E-state index is -0.0544. The summed E-state index contributed by atoms with van der Waals surface area (Å²) in [6.07, 6.45) is 39.7. The predicted octanol–water partition coefficient (Wildman–Crippen LogP) is 15.7. The second-order valence-electron chi connectivity index (χ2n) is 18.8. The second kappa shape index (κ2) is 44.0. The van der Waals surface area contributed by atoms with Gasteiger partial charge in [0.1, 0.15) is 6.10 Å². The maximum atomic E-state index is 12.8. The van der Waals surface area contributed by atoms with E-state index in [1.807, 2.05) is 0 Å². The molecule has 0 saturated heterocycles. The van der Waals surface area contributed by atoms with E-state index in [9.17, 15) is 14.4 Å². The van der Waals surface area contributed by atoms with Crippen molar-refractivity contribution in [2.75, 3.05) is 26.8 Å². The maximum absolute atomic E-state index is 12.8. The van der Waals surface area contributed by atoms with Crippen LogP contribution >= 0.6 is 0 Å². The molecule has 0 aromatic rings. The number of carbonyl (C=O) groups excluding carboxylic acids is 3. The van der Waals surface area contributed by atoms with Crippen LogP contribution in [0.5, 0.6) is 0 Å². The Morgan fingerprint density at radius 3 is 1.10 bits per heavy atom. The highest BCUT2D eigenvalue weighted by molar-refractivity contribution is 5.70. The third kappa shape index (κ3) is 39.2. The van der Waals surface area contributed by atoms with Crippen molar-refractivity contribution in [3.05, 3.63) is 0 Å². The number of hydrogen-bond acceptors (Lipinski definition) is 7. The van der Waals surface area contributed by atoms with Gasteiger partial charge < -0.3 is 19.1 Å². The van der Waals surface area contributed by atoms with Crippen LogP contribution in [-0.4, -0.2) is 61.8 Å². The Morgan fingerprint density at radius 2 is 0.733 bits per heavy atom. The summed E-state index contributed by atoms with van der Waals surface area (Å²) in [7, 11) is 2.11. The topological polar surface area (TPSA) is 82.1 Å². The molecule has 0 spiro atoms. The molecule has 0 aliphatic carbocycles. The molecule has 1 atom stereocenters. The van der Waals surface area contributed by atoms with Gasteiger partial charge in [-0.05, 0) is 97.1 Å². The van der Waals surface area contributed by atoms with Gasteiger partial charge in [-0.1, -0.05) is 182 Å². The molecule has 7 nitrogen and oxygen atoms in total. The predicted molar refractivity (Wildman–Crippen MR) is 255 cm³/mol. The van der Waals surface area contributed by atoms with Crippen molar-refractivity contribution in [1.82, 2.24) is 4.90 Å². The average Bonchev–Trinajstić information content (AvgIpc) is 3.22. The smallest absolute Gasteiger partial charge is 0.306 e. The largest absolute Gasteiger partial charge is 0.466 e. The molecule has 0 fully saturated rings. The number of ether oxygens (including phenoxy) is 3. The summed E-state index contributed by atoms with van der Waals surface area (Å²) in [5.74, 6) is 1.29. The van der Waals surface area contributed by atoms with E-state index in [0.29, 0.717) is 50.4 Å². The van der Waals surface area contributed by atoms with Crippen LogP contribution in [0.3, 0.4) is 0 Å². The van der Waals surface area contributed by atoms with Gasteiger partial charge in [0.25, 0.3) is 0 Å². The Hall–Kier alpha value is -1.63. The van der Waals surface area contributed by atoms with Gasteiger partial charge in [-0.3, -0.25) is 14.4 Å². The van der Waals surface area contributed by atoms with Gasteiger partial charge in [-0.25, -0.2) is 0 Å². The molecule has 0 heterocycles. The maximum Gasteiger partial charge on any atom is 0.306 e. The van der Waals surface area contributed by atoms with Crippen LogP contribution < -0.4 is 0 Å². The number of nitrogens with zero attached hydrogens (tertiary/aromatic N) is 1. The highest BCUT2D eigenvalue weighted by Crippen LogP contribution is 2.23. The standard InChI is InChI=1S/C53H103NO6/c1-8-12-24-33-48(34-25-13-9-2)42-45-58-51(55)39-30-22-18-16-17-20-28-37-50(60-53(57)41-32-44-54(7)47(5)6)38-29-21-19-23-31-40-52(56)59-46-43-49(35-26-14-10-3)36-27-15-11-4/h47-50H,8-46H2,1-7H3. The van der Waals surface area contributed by atoms with Crippen LogP contribution in [0.15, 0.2) is 0 Å². The lowest BCUT2D eigenvalue weighted by atomic mass is 9.92. The molecule has 0 saturated carbocycles. The zero-order chi connectivity index (χ0) is 44.3. The first kappa shape index (κ1) is 58.4. The molecular weight excluding hydrogens is 747 g/mol. The second-order valence-corrected chi connectivity index (χ2v) is 18.8. The van der Waals surface area contributed by atoms with Crippen LogP contribution in [0.2, 0.25) is 0 Å². The molecule has 0 aliphatic heterocycles. The van der Waals surface area contributed by atoms with E-state index in [2.05, 4.69) is 53.5 Å². The summed E-state index contributed by atoms with van der Waals surface area (Å²) in [6.45, 7) is 15.5. The number of unbranched alkanes of at least 4 members (excludes halogenated alkanes) is 18. The van der Waals surface area contributed by atoms with Crippen molar-refractivity contribution in [3.63, 3.8) is 0 Å². The van der Waals surface area contributed by atoms with E-state index in [4.69, 9.17) is 14.2 Å². The summed E-state index contributed by atoms with van der Waals surface area (Å²) < 4.78 is 17.4. The Morgan fingerprint density at radius 1 is 0.400 bits per heavy atom. The molecule has 356 valence electrons. The summed E-state index contributed by atoms with van der Waals surface area (Å²) in [5, 5.41) is 0. The summed E-state index contributed by atoms with van der Waals surface area (Å²) in [6, 6.07) is 0.474. The molecule has 7 heteroatoms. The van der Waals surface area contributed by atoms with Crippen molar-refractivity contribution >= 4 is 17.9 Å². The first-order valence-electron chi connectivity index (χ1n) is 26.4. The molecule has 0 amide bonds. The fourth-order valence-electron chi connectivity index (χ4n) is 8.36. The SMILES string of the molecule is CCCCCC(CCCCC)CCOC(=O)CCCCCCCCCC(CCCCCCCC(=O)OCCC(CCCCC)CCCCC)OC(=O)CCCN(C)C(C)C. The lowest BCUT2D eigenvalue weighted by Gasteiger charge is -2.21. The van der Waals surface area contributed by atoms with Crippen molar-refractivity contribution in [3.8, 4) is 0 Å². The van der Waals surface area contributed by atoms with Crippen molar-refractivity contribution in [2.24, 2.45) is 11.8 Å². The molecule has 0 aromatic carbocycles. The highest BCUT2D eigenvalue weighted by Gasteiger charge is 2.16. The lowest BCUT2D eigenvalue weighted by molar-refractivity contribution is -0.150. The normalized spacial score (nSPS) is 12.2. The van der Waals surface area contributed by atoms with Gasteiger partial charge in [0.15, 0.2) is 0 Å². The van der Waals surface area contributed by atoms with Gasteiger partial charge in [-0.2, -0.15) is 0 Å². The summed E-state index contributed by atoms with van der Waals surface area (Å²) >= 11 is 0. The molecule has 0 N–H and O–H groups in total. The Balaban J connectivity index is 4.39. The fourth-order valence-corrected chi connectivity index (χ4v) is 8.36. The Bertz CT molecular complexity index is 936. The van der Waals surface area contributed by atoms with Crippen molar-refractivity contribution in [1.29, 1.82) is 0 Å². The Kier molecular flexibility index (Phi) is 42.8. The fraction of sp³-hybridized carbons (Fsp3) is 0.943. The van der Waals surface area contributed by atoms with Crippen LogP contribution in [0.25, 0.3) is 0 Å². The first-order chi connectivity index (χ1) is 29.2. The molecule has 0 rings (SSSR count). The molecule has 0 bridgehead atoms. The lowest BCUT2D eigenvalue weighted by Crippen LogP contribution is -2.28. The van der Waals surface area contributed by atoms with Gasteiger partial charge >= 0.3 is 17.9 Å². The van der Waals surface area contributed by atoms with Crippen molar-refractivity contribution in [2.45, 2.75) is 285 Å². The van der Waals surface area contributed by atoms with E-state index in [0.717, 1.165) is 103 Å². The number of carbonyl (C=O) groups is 3. The molecule has 1 unspecified atom stereocenters. The number of rotatable bonds is 46. The monoisotopic (exact) mass is 850 g/mol. The quantitative estimate of drug-likeness (QED) is 0.0343. The third-order valence-electron chi connectivity index (χ3n) is 12.8. The Labute approximate surface area is 373 Å². The minimum Gasteiger partial charge on any atom is -0.466 e. The van der Waals surface area contributed by atoms with Crippen LogP contribution in [0.1, 0.15) is 273 Å². The molecule has 0 aromatic heterocycles. The van der Waals surface area contributed by atoms with E-state index in [-0.39, 0.29) is 24.0 Å². The van der Waals surface area contributed by atoms with Gasteiger partial charge in [0.2, 0.25) is 0 Å². The van der Waals surface area contributed by atoms with E-state index < -0.39 is 0 Å². The highest BCUT2D eigenvalue weighted by atomic mass is 16.5. The summed E-state index contributed by atoms with van der Waals surface area (Å²) in [4.78, 5) is 39.9. The van der Waals surface area contributed by atoms with Crippen LogP contribution in [0, 0.1) is 11.8 Å². The molecule has 60 heavy (non-hydrogen) atoms. The van der Waals surface area contributed by atoms with Gasteiger partial charge in [0.05, 0.1) is 13.2 Å². The van der Waals surface area contributed by atoms with E-state index in [1.54, 1.807) is 0 Å². The molecule has 0 aliphatic rings. The molecular formula is C53H103NO6.